The zero-order valence-electron chi connectivity index (χ0n) is 8.40. The van der Waals surface area contributed by atoms with Crippen molar-refractivity contribution in [2.24, 2.45) is 0 Å². The highest BCUT2D eigenvalue weighted by Crippen LogP contribution is 2.37. The predicted octanol–water partition coefficient (Wildman–Crippen LogP) is 1.65. The van der Waals surface area contributed by atoms with Crippen molar-refractivity contribution in [2.45, 2.75) is 12.8 Å². The molecular formula is C11H12O4. The van der Waals surface area contributed by atoms with Crippen molar-refractivity contribution in [3.63, 3.8) is 0 Å². The zero-order valence-corrected chi connectivity index (χ0v) is 8.40. The second-order valence-corrected chi connectivity index (χ2v) is 3.43. The lowest BCUT2D eigenvalue weighted by Crippen LogP contribution is -2.18. The quantitative estimate of drug-likeness (QED) is 0.802. The average molecular weight is 208 g/mol. The number of aliphatic carboxylic acids is 1. The van der Waals surface area contributed by atoms with E-state index >= 15 is 0 Å². The lowest BCUT2D eigenvalue weighted by atomic mass is 10.00. The van der Waals surface area contributed by atoms with Crippen molar-refractivity contribution in [3.8, 4) is 11.5 Å². The highest BCUT2D eigenvalue weighted by atomic mass is 16.6. The first-order chi connectivity index (χ1) is 7.20. The van der Waals surface area contributed by atoms with E-state index in [4.69, 9.17) is 14.6 Å². The summed E-state index contributed by atoms with van der Waals surface area (Å²) < 4.78 is 10.8. The third-order valence-corrected chi connectivity index (χ3v) is 2.43. The summed E-state index contributed by atoms with van der Waals surface area (Å²) in [7, 11) is 0. The van der Waals surface area contributed by atoms with Crippen LogP contribution >= 0.6 is 0 Å². The van der Waals surface area contributed by atoms with E-state index in [-0.39, 0.29) is 0 Å². The van der Waals surface area contributed by atoms with Crippen molar-refractivity contribution in [1.82, 2.24) is 0 Å². The normalized spacial score (nSPS) is 15.8. The van der Waals surface area contributed by atoms with Crippen LogP contribution in [0.15, 0.2) is 18.2 Å². The maximum Gasteiger partial charge on any atom is 0.310 e. The summed E-state index contributed by atoms with van der Waals surface area (Å²) in [6.45, 7) is 2.62. The fraction of sp³-hybridized carbons (Fsp3) is 0.364. The molecule has 0 saturated heterocycles. The maximum atomic E-state index is 10.9. The van der Waals surface area contributed by atoms with E-state index in [0.29, 0.717) is 30.3 Å². The Labute approximate surface area is 87.4 Å². The van der Waals surface area contributed by atoms with Crippen LogP contribution < -0.4 is 9.47 Å². The second kappa shape index (κ2) is 3.81. The number of hydrogen-bond acceptors (Lipinski definition) is 3. The van der Waals surface area contributed by atoms with Gasteiger partial charge in [0.25, 0.3) is 0 Å². The van der Waals surface area contributed by atoms with Gasteiger partial charge in [-0.3, -0.25) is 4.79 Å². The van der Waals surface area contributed by atoms with E-state index in [1.807, 2.05) is 0 Å². The van der Waals surface area contributed by atoms with Crippen LogP contribution in [0.5, 0.6) is 11.5 Å². The highest BCUT2D eigenvalue weighted by Gasteiger charge is 2.23. The van der Waals surface area contributed by atoms with Crippen LogP contribution in [0, 0.1) is 0 Å². The van der Waals surface area contributed by atoms with Crippen molar-refractivity contribution < 1.29 is 19.4 Å². The van der Waals surface area contributed by atoms with Gasteiger partial charge in [-0.25, -0.2) is 0 Å². The molecule has 0 spiro atoms. The number of carbonyl (C=O) groups is 1. The van der Waals surface area contributed by atoms with Gasteiger partial charge in [-0.15, -0.1) is 0 Å². The molecular weight excluding hydrogens is 196 g/mol. The van der Waals surface area contributed by atoms with Gasteiger partial charge in [0, 0.05) is 5.56 Å². The summed E-state index contributed by atoms with van der Waals surface area (Å²) in [6.07, 6.45) is 0. The minimum atomic E-state index is -0.863. The Bertz CT molecular complexity index is 386. The first-order valence-corrected chi connectivity index (χ1v) is 4.81. The molecule has 1 atom stereocenters. The number of hydrogen-bond donors (Lipinski definition) is 1. The van der Waals surface area contributed by atoms with Gasteiger partial charge in [-0.2, -0.15) is 0 Å². The van der Waals surface area contributed by atoms with Crippen LogP contribution in [0.25, 0.3) is 0 Å². The minimum Gasteiger partial charge on any atom is -0.486 e. The van der Waals surface area contributed by atoms with Gasteiger partial charge in [0.05, 0.1) is 5.92 Å². The number of ether oxygens (including phenoxy) is 2. The van der Waals surface area contributed by atoms with Gasteiger partial charge in [0.15, 0.2) is 11.5 Å². The topological polar surface area (TPSA) is 55.8 Å². The van der Waals surface area contributed by atoms with Gasteiger partial charge >= 0.3 is 5.97 Å². The van der Waals surface area contributed by atoms with Gasteiger partial charge in [-0.1, -0.05) is 12.1 Å². The number of rotatable bonds is 2. The van der Waals surface area contributed by atoms with Gasteiger partial charge in [0.2, 0.25) is 0 Å². The molecule has 0 fully saturated rings. The zero-order chi connectivity index (χ0) is 10.8. The van der Waals surface area contributed by atoms with Gasteiger partial charge < -0.3 is 14.6 Å². The lowest BCUT2D eigenvalue weighted by Gasteiger charge is -2.22. The van der Waals surface area contributed by atoms with Gasteiger partial charge in [-0.05, 0) is 13.0 Å². The predicted molar refractivity (Wildman–Crippen MR) is 53.5 cm³/mol. The van der Waals surface area contributed by atoms with Crippen LogP contribution in [-0.4, -0.2) is 24.3 Å². The van der Waals surface area contributed by atoms with Crippen LogP contribution in [-0.2, 0) is 4.79 Å². The molecule has 0 radical (unpaired) electrons. The van der Waals surface area contributed by atoms with Crippen LogP contribution in [0.3, 0.4) is 0 Å². The summed E-state index contributed by atoms with van der Waals surface area (Å²) in [5.41, 5.74) is 0.666. The van der Waals surface area contributed by atoms with E-state index in [0.717, 1.165) is 0 Å². The summed E-state index contributed by atoms with van der Waals surface area (Å²) in [4.78, 5) is 10.9. The highest BCUT2D eigenvalue weighted by molar-refractivity contribution is 5.77. The first kappa shape index (κ1) is 9.83. The molecule has 1 N–H and O–H groups in total. The monoisotopic (exact) mass is 208 g/mol. The van der Waals surface area contributed by atoms with Crippen molar-refractivity contribution >= 4 is 5.97 Å². The molecule has 0 aliphatic carbocycles. The molecule has 1 aliphatic rings. The van der Waals surface area contributed by atoms with E-state index < -0.39 is 11.9 Å². The second-order valence-electron chi connectivity index (χ2n) is 3.43. The average Bonchev–Trinajstić information content (AvgIpc) is 2.27. The minimum absolute atomic E-state index is 0.469. The standard InChI is InChI=1S/C11H12O4/c1-7(11(12)13)8-3-2-4-9-10(8)15-6-5-14-9/h2-4,7H,5-6H2,1H3,(H,12,13)/t7-/m1/s1. The fourth-order valence-electron chi connectivity index (χ4n) is 1.57. The number of para-hydroxylation sites is 1. The van der Waals surface area contributed by atoms with Crippen molar-refractivity contribution in [1.29, 1.82) is 0 Å². The molecule has 80 valence electrons. The summed E-state index contributed by atoms with van der Waals surface area (Å²) in [5, 5.41) is 8.94. The van der Waals surface area contributed by atoms with Crippen LogP contribution in [0.4, 0.5) is 0 Å². The Morgan fingerprint density at radius 3 is 2.87 bits per heavy atom. The first-order valence-electron chi connectivity index (χ1n) is 4.81. The van der Waals surface area contributed by atoms with Crippen molar-refractivity contribution in [3.05, 3.63) is 23.8 Å². The number of benzene rings is 1. The molecule has 4 nitrogen and oxygen atoms in total. The van der Waals surface area contributed by atoms with Crippen LogP contribution in [0.1, 0.15) is 18.4 Å². The third kappa shape index (κ3) is 1.75. The Morgan fingerprint density at radius 2 is 2.13 bits per heavy atom. The molecule has 0 saturated carbocycles. The maximum absolute atomic E-state index is 10.9. The van der Waals surface area contributed by atoms with Gasteiger partial charge in [0.1, 0.15) is 13.2 Å². The molecule has 1 aromatic carbocycles. The molecule has 0 amide bonds. The molecule has 0 aromatic heterocycles. The smallest absolute Gasteiger partial charge is 0.310 e. The van der Waals surface area contributed by atoms with Crippen molar-refractivity contribution in [2.75, 3.05) is 13.2 Å². The molecule has 4 heteroatoms. The largest absolute Gasteiger partial charge is 0.486 e. The molecule has 2 rings (SSSR count). The van der Waals surface area contributed by atoms with Crippen LogP contribution in [0.2, 0.25) is 0 Å². The molecule has 1 heterocycles. The molecule has 15 heavy (non-hydrogen) atoms. The molecule has 1 aliphatic heterocycles. The summed E-state index contributed by atoms with van der Waals surface area (Å²) in [6, 6.07) is 5.32. The van der Waals surface area contributed by atoms with E-state index in [2.05, 4.69) is 0 Å². The number of carboxylic acid groups (broad SMARTS) is 1. The van der Waals surface area contributed by atoms with E-state index in [1.54, 1.807) is 25.1 Å². The Kier molecular flexibility index (Phi) is 2.49. The third-order valence-electron chi connectivity index (χ3n) is 2.43. The molecule has 0 bridgehead atoms. The van der Waals surface area contributed by atoms with E-state index in [9.17, 15) is 4.79 Å². The lowest BCUT2D eigenvalue weighted by molar-refractivity contribution is -0.138. The summed E-state index contributed by atoms with van der Waals surface area (Å²) in [5.74, 6) is -0.246. The fourth-order valence-corrected chi connectivity index (χ4v) is 1.57. The summed E-state index contributed by atoms with van der Waals surface area (Å²) >= 11 is 0. The van der Waals surface area contributed by atoms with E-state index in [1.165, 1.54) is 0 Å². The Morgan fingerprint density at radius 1 is 1.40 bits per heavy atom. The SMILES string of the molecule is C[C@@H](C(=O)O)c1cccc2c1OCCO2. The molecule has 0 unspecified atom stereocenters. The Hall–Kier alpha value is -1.71. The number of fused-ring (bicyclic) bond motifs is 1. The molecule has 1 aromatic rings. The number of carboxylic acids is 1. The Balaban J connectivity index is 2.43.